The van der Waals surface area contributed by atoms with Crippen molar-refractivity contribution in [2.24, 2.45) is 0 Å². The fourth-order valence-corrected chi connectivity index (χ4v) is 4.65. The number of halogens is 5. The molecule has 1 aromatic heterocycles. The lowest BCUT2D eigenvalue weighted by atomic mass is 10.1. The minimum atomic E-state index is -4.72. The summed E-state index contributed by atoms with van der Waals surface area (Å²) in [5.41, 5.74) is 5.47. The smallest absolute Gasteiger partial charge is 0.383 e. The van der Waals surface area contributed by atoms with Gasteiger partial charge in [-0.05, 0) is 42.8 Å². The van der Waals surface area contributed by atoms with Crippen LogP contribution in [0.4, 0.5) is 29.1 Å². The van der Waals surface area contributed by atoms with Crippen LogP contribution in [0.1, 0.15) is 27.8 Å². The zero-order valence-electron chi connectivity index (χ0n) is 17.4. The van der Waals surface area contributed by atoms with Crippen LogP contribution in [0.5, 0.6) is 0 Å². The molecule has 0 aliphatic carbocycles. The molecule has 12 heteroatoms. The van der Waals surface area contributed by atoms with E-state index in [4.69, 9.17) is 11.1 Å². The van der Waals surface area contributed by atoms with Gasteiger partial charge in [0.05, 0.1) is 27.3 Å². The Morgan fingerprint density at radius 3 is 2.53 bits per heavy atom. The highest BCUT2D eigenvalue weighted by molar-refractivity contribution is 9.10. The third kappa shape index (κ3) is 5.68. The molecule has 3 aromatic rings. The van der Waals surface area contributed by atoms with Gasteiger partial charge in [0.15, 0.2) is 12.0 Å². The first-order valence-corrected chi connectivity index (χ1v) is 11.7. The molecule has 0 fully saturated rings. The molecule has 34 heavy (non-hydrogen) atoms. The van der Waals surface area contributed by atoms with Crippen molar-refractivity contribution in [3.8, 4) is 11.8 Å². The summed E-state index contributed by atoms with van der Waals surface area (Å²) in [6, 6.07) is 6.75. The fourth-order valence-electron chi connectivity index (χ4n) is 2.84. The molecule has 0 spiro atoms. The number of nitrogen functional groups attached to an aromatic ring is 1. The number of nitrogens with one attached hydrogen (secondary N) is 1. The number of benzene rings is 2. The van der Waals surface area contributed by atoms with Gasteiger partial charge in [-0.3, -0.25) is 19.2 Å². The Balaban J connectivity index is 1.98. The quantitative estimate of drug-likeness (QED) is 0.182. The summed E-state index contributed by atoms with van der Waals surface area (Å²) in [6.45, 7) is 1.60. The topological polar surface area (TPSA) is 117 Å². The summed E-state index contributed by atoms with van der Waals surface area (Å²) >= 11 is 2.92. The molecule has 0 amide bonds. The maximum absolute atomic E-state index is 15.2. The molecule has 0 aliphatic heterocycles. The van der Waals surface area contributed by atoms with Crippen LogP contribution in [-0.4, -0.2) is 20.3 Å². The average Bonchev–Trinajstić information content (AvgIpc) is 2.75. The summed E-state index contributed by atoms with van der Waals surface area (Å²) < 4.78 is 77.8. The highest BCUT2D eigenvalue weighted by atomic mass is 79.9. The van der Waals surface area contributed by atoms with Gasteiger partial charge in [-0.2, -0.15) is 13.2 Å². The molecule has 0 unspecified atom stereocenters. The van der Waals surface area contributed by atoms with Crippen LogP contribution >= 0.6 is 26.7 Å². The zero-order chi connectivity index (χ0) is 25.3. The van der Waals surface area contributed by atoms with Crippen molar-refractivity contribution in [1.82, 2.24) is 4.98 Å². The first kappa shape index (κ1) is 25.5. The van der Waals surface area contributed by atoms with E-state index in [0.29, 0.717) is 22.8 Å². The van der Waals surface area contributed by atoms with Gasteiger partial charge < -0.3 is 5.73 Å². The number of pyridine rings is 1. The highest BCUT2D eigenvalue weighted by Crippen LogP contribution is 2.50. The van der Waals surface area contributed by atoms with Crippen LogP contribution in [-0.2, 0) is 6.18 Å². The zero-order valence-corrected chi connectivity index (χ0v) is 19.8. The van der Waals surface area contributed by atoms with E-state index < -0.39 is 33.2 Å². The van der Waals surface area contributed by atoms with Gasteiger partial charge in [0.2, 0.25) is 0 Å². The molecule has 178 valence electrons. The predicted molar refractivity (Wildman–Crippen MR) is 127 cm³/mol. The Kier molecular flexibility index (Phi) is 7.23. The number of hydrogen-bond donors (Lipinski definition) is 5. The first-order chi connectivity index (χ1) is 15.8. The van der Waals surface area contributed by atoms with Crippen molar-refractivity contribution in [2.45, 2.75) is 18.0 Å². The number of alkyl halides is 3. The molecule has 0 aliphatic rings. The molecular formula is C22H18BrF4N4O2S+. The van der Waals surface area contributed by atoms with E-state index >= 15 is 4.39 Å². The van der Waals surface area contributed by atoms with Gasteiger partial charge >= 0.3 is 6.18 Å². The Morgan fingerprint density at radius 1 is 1.18 bits per heavy atom. The number of aromatic nitrogens is 1. The molecule has 2 aromatic carbocycles. The van der Waals surface area contributed by atoms with Crippen LogP contribution in [0.2, 0.25) is 0 Å². The van der Waals surface area contributed by atoms with Crippen molar-refractivity contribution in [1.29, 1.82) is 0 Å². The van der Waals surface area contributed by atoms with E-state index in [9.17, 15) is 22.3 Å². The first-order valence-electron chi connectivity index (χ1n) is 9.37. The second kappa shape index (κ2) is 9.63. The number of nitrogens with zero attached hydrogens (tertiary/aromatic N) is 1. The van der Waals surface area contributed by atoms with E-state index in [1.165, 1.54) is 24.5 Å². The molecule has 0 saturated carbocycles. The van der Waals surface area contributed by atoms with Gasteiger partial charge in [-0.15, -0.1) is 0 Å². The average molecular weight is 558 g/mol. The SMILES string of the molecule is Cc1ccc(NS(O)(O)c2cc(Br)cc(C(F)(F)F)c2)c(F)c1C#Cc1cnc(N)c(C=[NH2+])c1. The lowest BCUT2D eigenvalue weighted by molar-refractivity contribution is -0.137. The molecule has 0 saturated heterocycles. The normalized spacial score (nSPS) is 12.0. The molecule has 1 heterocycles. The second-order valence-electron chi connectivity index (χ2n) is 7.06. The van der Waals surface area contributed by atoms with Crippen LogP contribution in [0.25, 0.3) is 0 Å². The van der Waals surface area contributed by atoms with Crippen LogP contribution in [0.15, 0.2) is 52.0 Å². The van der Waals surface area contributed by atoms with Gasteiger partial charge in [0, 0.05) is 16.2 Å². The van der Waals surface area contributed by atoms with Crippen LogP contribution in [0.3, 0.4) is 0 Å². The van der Waals surface area contributed by atoms with Gasteiger partial charge in [0.25, 0.3) is 0 Å². The standard InChI is InChI=1S/C22H17BrF4N4O2S/c1-12-2-5-19(20(24)18(12)4-3-13-6-14(10-28)21(29)30-11-13)31-34(32,33)17-8-15(22(25,26)27)7-16(23)9-17/h2,5-11,28,31-33H,1H3,(H2,29,30)/p+1. The highest BCUT2D eigenvalue weighted by Gasteiger charge is 2.33. The Labute approximate surface area is 202 Å². The number of aryl methyl sites for hydroxylation is 1. The molecule has 0 bridgehead atoms. The number of nitrogens with two attached hydrogens (primary N) is 2. The number of anilines is 2. The third-order valence-corrected chi connectivity index (χ3v) is 6.45. The van der Waals surface area contributed by atoms with Crippen molar-refractivity contribution >= 4 is 44.4 Å². The van der Waals surface area contributed by atoms with Crippen LogP contribution in [0, 0.1) is 24.6 Å². The maximum Gasteiger partial charge on any atom is 0.416 e. The minimum Gasteiger partial charge on any atom is -0.383 e. The van der Waals surface area contributed by atoms with Crippen molar-refractivity contribution in [3.63, 3.8) is 0 Å². The van der Waals surface area contributed by atoms with Crippen molar-refractivity contribution < 1.29 is 32.1 Å². The summed E-state index contributed by atoms with van der Waals surface area (Å²) in [5.74, 6) is 4.69. The minimum absolute atomic E-state index is 0.0266. The molecule has 7 N–H and O–H groups in total. The summed E-state index contributed by atoms with van der Waals surface area (Å²) in [5, 5.41) is 5.47. The van der Waals surface area contributed by atoms with E-state index in [2.05, 4.69) is 37.5 Å². The Morgan fingerprint density at radius 2 is 1.88 bits per heavy atom. The van der Waals surface area contributed by atoms with E-state index in [1.54, 1.807) is 13.0 Å². The molecule has 0 atom stereocenters. The number of hydrogen-bond acceptors (Lipinski definition) is 5. The number of rotatable bonds is 4. The molecule has 3 rings (SSSR count). The lowest BCUT2D eigenvalue weighted by Gasteiger charge is -2.34. The van der Waals surface area contributed by atoms with Crippen molar-refractivity contribution in [2.75, 3.05) is 10.5 Å². The summed E-state index contributed by atoms with van der Waals surface area (Å²) in [6.07, 6.45) is -2.09. The predicted octanol–water partition coefficient (Wildman–Crippen LogP) is 4.61. The van der Waals surface area contributed by atoms with Gasteiger partial charge in [-0.1, -0.05) is 44.6 Å². The second-order valence-corrected chi connectivity index (χ2v) is 9.75. The molecular weight excluding hydrogens is 540 g/mol. The van der Waals surface area contributed by atoms with E-state index in [0.717, 1.165) is 12.1 Å². The van der Waals surface area contributed by atoms with Crippen LogP contribution < -0.4 is 15.9 Å². The summed E-state index contributed by atoms with van der Waals surface area (Å²) in [7, 11) is -4.06. The Hall–Kier alpha value is -3.11. The van der Waals surface area contributed by atoms with Gasteiger partial charge in [0.1, 0.15) is 5.82 Å². The van der Waals surface area contributed by atoms with Crippen molar-refractivity contribution in [3.05, 3.63) is 80.7 Å². The molecule has 0 radical (unpaired) electrons. The van der Waals surface area contributed by atoms with E-state index in [-0.39, 0.29) is 21.5 Å². The molecule has 6 nitrogen and oxygen atoms in total. The largest absolute Gasteiger partial charge is 0.416 e. The monoisotopic (exact) mass is 557 g/mol. The Bertz CT molecular complexity index is 1340. The van der Waals surface area contributed by atoms with Gasteiger partial charge in [-0.25, -0.2) is 9.37 Å². The lowest BCUT2D eigenvalue weighted by Crippen LogP contribution is -2.30. The maximum atomic E-state index is 15.2. The van der Waals surface area contributed by atoms with E-state index in [1.807, 2.05) is 0 Å². The fraction of sp³-hybridized carbons (Fsp3) is 0.0909. The third-order valence-electron chi connectivity index (χ3n) is 4.59. The summed E-state index contributed by atoms with van der Waals surface area (Å²) in [4.78, 5) is 3.48.